The minimum atomic E-state index is -4.41. The van der Waals surface area contributed by atoms with E-state index in [2.05, 4.69) is 15.4 Å². The lowest BCUT2D eigenvalue weighted by Crippen LogP contribution is -2.13. The maximum Gasteiger partial charge on any atom is 0.416 e. The van der Waals surface area contributed by atoms with Gasteiger partial charge in [-0.1, -0.05) is 30.3 Å². The highest BCUT2D eigenvalue weighted by Gasteiger charge is 2.30. The zero-order valence-electron chi connectivity index (χ0n) is 15.5. The molecule has 0 saturated heterocycles. The van der Waals surface area contributed by atoms with E-state index >= 15 is 0 Å². The maximum absolute atomic E-state index is 12.8. The third-order valence-electron chi connectivity index (χ3n) is 4.44. The minimum absolute atomic E-state index is 0.341. The molecule has 8 heteroatoms. The fourth-order valence-corrected chi connectivity index (χ4v) is 2.97. The number of carbonyl (C=O) groups is 1. The number of rotatable bonds is 4. The van der Waals surface area contributed by atoms with Gasteiger partial charge in [-0.15, -0.1) is 0 Å². The van der Waals surface area contributed by atoms with Crippen LogP contribution >= 0.6 is 0 Å². The zero-order chi connectivity index (χ0) is 21.1. The van der Waals surface area contributed by atoms with Crippen LogP contribution in [0.15, 0.2) is 85.3 Å². The molecule has 0 fully saturated rings. The average Bonchev–Trinajstić information content (AvgIpc) is 3.29. The van der Waals surface area contributed by atoms with Crippen LogP contribution in [-0.4, -0.2) is 20.7 Å². The van der Waals surface area contributed by atoms with Crippen LogP contribution in [-0.2, 0) is 6.18 Å². The summed E-state index contributed by atoms with van der Waals surface area (Å²) in [7, 11) is 0. The van der Waals surface area contributed by atoms with Crippen LogP contribution in [0.25, 0.3) is 16.9 Å². The second-order valence-corrected chi connectivity index (χ2v) is 6.43. The van der Waals surface area contributed by atoms with Crippen molar-refractivity contribution in [1.82, 2.24) is 14.8 Å². The molecular formula is C22H15F3N4O. The Labute approximate surface area is 169 Å². The number of hydrogen-bond donors (Lipinski definition) is 1. The fourth-order valence-electron chi connectivity index (χ4n) is 2.97. The van der Waals surface area contributed by atoms with Crippen LogP contribution in [0, 0.1) is 0 Å². The average molecular weight is 408 g/mol. The summed E-state index contributed by atoms with van der Waals surface area (Å²) in [6.07, 6.45) is 0.483. The van der Waals surface area contributed by atoms with Gasteiger partial charge in [0.25, 0.3) is 5.91 Å². The van der Waals surface area contributed by atoms with Crippen LogP contribution in [0.2, 0.25) is 0 Å². The fraction of sp³-hybridized carbons (Fsp3) is 0.0455. The molecule has 4 aromatic rings. The van der Waals surface area contributed by atoms with E-state index in [0.29, 0.717) is 28.2 Å². The number of amides is 1. The molecular weight excluding hydrogens is 393 g/mol. The Morgan fingerprint density at radius 2 is 1.70 bits per heavy atom. The van der Waals surface area contributed by atoms with Gasteiger partial charge in [0.1, 0.15) is 0 Å². The molecule has 1 N–H and O–H groups in total. The predicted molar refractivity (Wildman–Crippen MR) is 106 cm³/mol. The van der Waals surface area contributed by atoms with E-state index in [9.17, 15) is 18.0 Å². The van der Waals surface area contributed by atoms with Crippen LogP contribution in [0.3, 0.4) is 0 Å². The molecule has 30 heavy (non-hydrogen) atoms. The molecule has 0 spiro atoms. The highest BCUT2D eigenvalue weighted by Crippen LogP contribution is 2.32. The van der Waals surface area contributed by atoms with E-state index in [1.165, 1.54) is 18.3 Å². The molecule has 0 aliphatic rings. The first kappa shape index (κ1) is 19.4. The van der Waals surface area contributed by atoms with Gasteiger partial charge in [0.15, 0.2) is 5.82 Å². The number of nitrogens with one attached hydrogen (secondary N) is 1. The van der Waals surface area contributed by atoms with Crippen molar-refractivity contribution >= 4 is 11.6 Å². The SMILES string of the molecule is O=C(Nc1ccc(-n2cccn2)nc1)c1ccccc1-c1ccc(C(F)(F)F)cc1. The predicted octanol–water partition coefficient (Wildman–Crippen LogP) is 5.21. The summed E-state index contributed by atoms with van der Waals surface area (Å²) in [6, 6.07) is 16.6. The Morgan fingerprint density at radius 1 is 0.933 bits per heavy atom. The van der Waals surface area contributed by atoms with Gasteiger partial charge >= 0.3 is 6.18 Å². The van der Waals surface area contributed by atoms with E-state index in [1.54, 1.807) is 59.5 Å². The van der Waals surface area contributed by atoms with Crippen molar-refractivity contribution in [3.8, 4) is 16.9 Å². The van der Waals surface area contributed by atoms with Gasteiger partial charge in [0.05, 0.1) is 17.4 Å². The van der Waals surface area contributed by atoms with Crippen molar-refractivity contribution in [2.45, 2.75) is 6.18 Å². The molecule has 4 rings (SSSR count). The minimum Gasteiger partial charge on any atom is -0.321 e. The lowest BCUT2D eigenvalue weighted by Gasteiger charge is -2.12. The Hall–Kier alpha value is -3.94. The zero-order valence-corrected chi connectivity index (χ0v) is 15.5. The largest absolute Gasteiger partial charge is 0.416 e. The lowest BCUT2D eigenvalue weighted by molar-refractivity contribution is -0.137. The van der Waals surface area contributed by atoms with Crippen LogP contribution < -0.4 is 5.32 Å². The molecule has 2 heterocycles. The Kier molecular flexibility index (Phi) is 5.05. The van der Waals surface area contributed by atoms with Gasteiger partial charge in [-0.2, -0.15) is 18.3 Å². The van der Waals surface area contributed by atoms with E-state index < -0.39 is 11.7 Å². The second-order valence-electron chi connectivity index (χ2n) is 6.43. The molecule has 0 unspecified atom stereocenters. The molecule has 0 saturated carbocycles. The molecule has 2 aromatic heterocycles. The second kappa shape index (κ2) is 7.82. The number of anilines is 1. The van der Waals surface area contributed by atoms with Gasteiger partial charge in [-0.05, 0) is 47.5 Å². The molecule has 0 atom stereocenters. The third-order valence-corrected chi connectivity index (χ3v) is 4.44. The number of nitrogens with zero attached hydrogens (tertiary/aromatic N) is 3. The smallest absolute Gasteiger partial charge is 0.321 e. The van der Waals surface area contributed by atoms with E-state index in [0.717, 1.165) is 12.1 Å². The van der Waals surface area contributed by atoms with Crippen LogP contribution in [0.1, 0.15) is 15.9 Å². The molecule has 0 aliphatic heterocycles. The number of hydrogen-bond acceptors (Lipinski definition) is 3. The van der Waals surface area contributed by atoms with Crippen LogP contribution in [0.5, 0.6) is 0 Å². The molecule has 1 amide bonds. The van der Waals surface area contributed by atoms with Crippen molar-refractivity contribution < 1.29 is 18.0 Å². The number of benzene rings is 2. The summed E-state index contributed by atoms with van der Waals surface area (Å²) in [5.74, 6) is 0.210. The number of carbonyl (C=O) groups excluding carboxylic acids is 1. The standard InChI is InChI=1S/C22H15F3N4O/c23-22(24,25)16-8-6-15(7-9-16)18-4-1-2-5-19(18)21(30)28-17-10-11-20(26-14-17)29-13-3-12-27-29/h1-14H,(H,28,30). The Morgan fingerprint density at radius 3 is 2.33 bits per heavy atom. The quantitative estimate of drug-likeness (QED) is 0.505. The van der Waals surface area contributed by atoms with E-state index in [1.807, 2.05) is 0 Å². The summed E-state index contributed by atoms with van der Waals surface area (Å²) in [5, 5.41) is 6.85. The Balaban J connectivity index is 1.57. The van der Waals surface area contributed by atoms with Crippen LogP contribution in [0.4, 0.5) is 18.9 Å². The molecule has 0 radical (unpaired) electrons. The Bertz CT molecular complexity index is 1150. The molecule has 0 aliphatic carbocycles. The van der Waals surface area contributed by atoms with Crippen molar-refractivity contribution in [2.75, 3.05) is 5.32 Å². The summed E-state index contributed by atoms with van der Waals surface area (Å²) in [4.78, 5) is 17.1. The topological polar surface area (TPSA) is 59.8 Å². The van der Waals surface area contributed by atoms with Gasteiger partial charge in [0.2, 0.25) is 0 Å². The third kappa shape index (κ3) is 4.07. The van der Waals surface area contributed by atoms with Crippen molar-refractivity contribution in [2.24, 2.45) is 0 Å². The molecule has 2 aromatic carbocycles. The molecule has 5 nitrogen and oxygen atoms in total. The van der Waals surface area contributed by atoms with E-state index in [4.69, 9.17) is 0 Å². The summed E-state index contributed by atoms with van der Waals surface area (Å²) < 4.78 is 40.0. The first-order chi connectivity index (χ1) is 14.4. The van der Waals surface area contributed by atoms with Gasteiger partial charge in [0, 0.05) is 18.0 Å². The summed E-state index contributed by atoms with van der Waals surface area (Å²) in [5.41, 5.74) is 1.13. The summed E-state index contributed by atoms with van der Waals surface area (Å²) in [6.45, 7) is 0. The van der Waals surface area contributed by atoms with Gasteiger partial charge in [-0.25, -0.2) is 9.67 Å². The molecule has 0 bridgehead atoms. The first-order valence-corrected chi connectivity index (χ1v) is 8.96. The number of halogens is 3. The van der Waals surface area contributed by atoms with Crippen molar-refractivity contribution in [1.29, 1.82) is 0 Å². The van der Waals surface area contributed by atoms with Gasteiger partial charge in [-0.3, -0.25) is 4.79 Å². The van der Waals surface area contributed by atoms with Crippen molar-refractivity contribution in [3.63, 3.8) is 0 Å². The van der Waals surface area contributed by atoms with Crippen molar-refractivity contribution in [3.05, 3.63) is 96.4 Å². The lowest BCUT2D eigenvalue weighted by atomic mass is 9.98. The number of aromatic nitrogens is 3. The first-order valence-electron chi connectivity index (χ1n) is 8.96. The molecule has 150 valence electrons. The van der Waals surface area contributed by atoms with Gasteiger partial charge < -0.3 is 5.32 Å². The monoisotopic (exact) mass is 408 g/mol. The number of pyridine rings is 1. The normalized spacial score (nSPS) is 11.3. The summed E-state index contributed by atoms with van der Waals surface area (Å²) >= 11 is 0. The number of alkyl halides is 3. The highest BCUT2D eigenvalue weighted by molar-refractivity contribution is 6.08. The maximum atomic E-state index is 12.8. The van der Waals surface area contributed by atoms with E-state index in [-0.39, 0.29) is 5.91 Å². The highest BCUT2D eigenvalue weighted by atomic mass is 19.4.